The van der Waals surface area contributed by atoms with E-state index in [9.17, 15) is 0 Å². The van der Waals surface area contributed by atoms with Crippen molar-refractivity contribution < 1.29 is 0 Å². The highest BCUT2D eigenvalue weighted by Crippen LogP contribution is 2.40. The van der Waals surface area contributed by atoms with Crippen LogP contribution in [0.1, 0.15) is 60.8 Å². The minimum atomic E-state index is -0.0968. The third-order valence-electron chi connectivity index (χ3n) is 3.57. The molecule has 0 nitrogen and oxygen atoms in total. The molecular formula is C12H25Cl. The quantitative estimate of drug-likeness (QED) is 0.562. The van der Waals surface area contributed by atoms with Crippen molar-refractivity contribution in [2.45, 2.75) is 65.7 Å². The molecule has 0 aromatic heterocycles. The van der Waals surface area contributed by atoms with E-state index in [1.807, 2.05) is 0 Å². The highest BCUT2D eigenvalue weighted by Gasteiger charge is 2.34. The lowest BCUT2D eigenvalue weighted by Gasteiger charge is -2.37. The van der Waals surface area contributed by atoms with Gasteiger partial charge in [0.25, 0.3) is 0 Å². The van der Waals surface area contributed by atoms with Gasteiger partial charge in [0.05, 0.1) is 0 Å². The third kappa shape index (κ3) is 4.35. The summed E-state index contributed by atoms with van der Waals surface area (Å²) in [5.74, 6) is 0.832. The van der Waals surface area contributed by atoms with Gasteiger partial charge in [-0.05, 0) is 31.6 Å². The van der Waals surface area contributed by atoms with Crippen LogP contribution in [0.3, 0.4) is 0 Å². The number of rotatable bonds is 5. The van der Waals surface area contributed by atoms with Gasteiger partial charge in [-0.25, -0.2) is 0 Å². The first-order chi connectivity index (χ1) is 5.70. The molecule has 13 heavy (non-hydrogen) atoms. The zero-order chi connectivity index (χ0) is 10.7. The van der Waals surface area contributed by atoms with E-state index >= 15 is 0 Å². The van der Waals surface area contributed by atoms with Gasteiger partial charge >= 0.3 is 0 Å². The Morgan fingerprint density at radius 2 is 1.62 bits per heavy atom. The fraction of sp³-hybridized carbons (Fsp3) is 1.00. The molecule has 0 amide bonds. The van der Waals surface area contributed by atoms with Gasteiger partial charge in [-0.3, -0.25) is 0 Å². The van der Waals surface area contributed by atoms with E-state index in [1.165, 1.54) is 19.3 Å². The molecule has 0 saturated carbocycles. The van der Waals surface area contributed by atoms with Crippen molar-refractivity contribution in [3.05, 3.63) is 0 Å². The van der Waals surface area contributed by atoms with Crippen molar-refractivity contribution in [3.8, 4) is 0 Å². The van der Waals surface area contributed by atoms with Crippen LogP contribution in [0.15, 0.2) is 0 Å². The molecule has 0 aliphatic carbocycles. The van der Waals surface area contributed by atoms with E-state index in [4.69, 9.17) is 11.6 Å². The van der Waals surface area contributed by atoms with E-state index < -0.39 is 0 Å². The fourth-order valence-electron chi connectivity index (χ4n) is 1.11. The second-order valence-corrected chi connectivity index (χ2v) is 6.35. The maximum Gasteiger partial charge on any atom is 0.0441 e. The van der Waals surface area contributed by atoms with Crippen molar-refractivity contribution in [3.63, 3.8) is 0 Å². The van der Waals surface area contributed by atoms with Gasteiger partial charge in [0.2, 0.25) is 0 Å². The Balaban J connectivity index is 4.04. The molecule has 80 valence electrons. The normalized spacial score (nSPS) is 15.9. The van der Waals surface area contributed by atoms with Gasteiger partial charge in [-0.15, -0.1) is 11.6 Å². The minimum Gasteiger partial charge on any atom is -0.119 e. The Bertz CT molecular complexity index is 142. The van der Waals surface area contributed by atoms with Crippen molar-refractivity contribution in [1.82, 2.24) is 0 Å². The van der Waals surface area contributed by atoms with Crippen LogP contribution in [0, 0.1) is 11.3 Å². The summed E-state index contributed by atoms with van der Waals surface area (Å²) in [7, 11) is 0. The van der Waals surface area contributed by atoms with E-state index in [0.717, 1.165) is 5.92 Å². The maximum absolute atomic E-state index is 6.35. The topological polar surface area (TPSA) is 0 Å². The molecule has 1 heteroatoms. The summed E-state index contributed by atoms with van der Waals surface area (Å²) >= 11 is 6.35. The summed E-state index contributed by atoms with van der Waals surface area (Å²) in [4.78, 5) is -0.0968. The van der Waals surface area contributed by atoms with Crippen LogP contribution < -0.4 is 0 Å². The minimum absolute atomic E-state index is 0.0968. The molecule has 0 aromatic rings. The second kappa shape index (κ2) is 4.68. The molecule has 0 rings (SSSR count). The maximum atomic E-state index is 6.35. The molecule has 0 spiro atoms. The van der Waals surface area contributed by atoms with Gasteiger partial charge in [-0.1, -0.05) is 40.5 Å². The monoisotopic (exact) mass is 204 g/mol. The first-order valence-corrected chi connectivity index (χ1v) is 5.77. The zero-order valence-electron chi connectivity index (χ0n) is 10.1. The van der Waals surface area contributed by atoms with Crippen LogP contribution in [0.2, 0.25) is 0 Å². The Morgan fingerprint density at radius 1 is 1.15 bits per heavy atom. The molecule has 0 aliphatic rings. The van der Waals surface area contributed by atoms with E-state index in [0.29, 0.717) is 0 Å². The van der Waals surface area contributed by atoms with Crippen molar-refractivity contribution in [2.24, 2.45) is 11.3 Å². The predicted octanol–water partition coefficient (Wildman–Crippen LogP) is 4.86. The summed E-state index contributed by atoms with van der Waals surface area (Å²) in [6.45, 7) is 13.3. The summed E-state index contributed by atoms with van der Waals surface area (Å²) in [5.41, 5.74) is 0.234. The van der Waals surface area contributed by atoms with Crippen LogP contribution in [-0.4, -0.2) is 4.87 Å². The Labute approximate surface area is 89.1 Å². The average molecular weight is 205 g/mol. The van der Waals surface area contributed by atoms with Crippen LogP contribution in [0.4, 0.5) is 0 Å². The number of hydrogen-bond acceptors (Lipinski definition) is 0. The molecule has 0 fully saturated rings. The van der Waals surface area contributed by atoms with Gasteiger partial charge in [0.15, 0.2) is 0 Å². The number of alkyl halides is 1. The van der Waals surface area contributed by atoms with E-state index in [1.54, 1.807) is 0 Å². The molecule has 0 radical (unpaired) electrons. The molecule has 0 aliphatic heterocycles. The standard InChI is InChI=1S/C12H25Cl/c1-7-10(2)8-9-11(3,4)12(5,6)13/h10H,7-9H2,1-6H3. The number of halogens is 1. The van der Waals surface area contributed by atoms with Gasteiger partial charge in [-0.2, -0.15) is 0 Å². The van der Waals surface area contributed by atoms with Crippen LogP contribution in [0.25, 0.3) is 0 Å². The molecule has 0 heterocycles. The summed E-state index contributed by atoms with van der Waals surface area (Å²) in [6.07, 6.45) is 3.79. The Hall–Kier alpha value is 0.290. The smallest absolute Gasteiger partial charge is 0.0441 e. The van der Waals surface area contributed by atoms with E-state index in [2.05, 4.69) is 41.5 Å². The molecule has 1 atom stereocenters. The van der Waals surface area contributed by atoms with Crippen molar-refractivity contribution >= 4 is 11.6 Å². The highest BCUT2D eigenvalue weighted by atomic mass is 35.5. The third-order valence-corrected chi connectivity index (χ3v) is 4.08. The van der Waals surface area contributed by atoms with Crippen LogP contribution >= 0.6 is 11.6 Å². The SMILES string of the molecule is CCC(C)CCC(C)(C)C(C)(C)Cl. The lowest BCUT2D eigenvalue weighted by molar-refractivity contribution is 0.231. The fourth-order valence-corrected chi connectivity index (χ4v) is 1.20. The van der Waals surface area contributed by atoms with Crippen LogP contribution in [0.5, 0.6) is 0 Å². The molecule has 0 bridgehead atoms. The lowest BCUT2D eigenvalue weighted by atomic mass is 9.75. The molecular weight excluding hydrogens is 180 g/mol. The second-order valence-electron chi connectivity index (χ2n) is 5.41. The first-order valence-electron chi connectivity index (χ1n) is 5.39. The summed E-state index contributed by atoms with van der Waals surface area (Å²) in [6, 6.07) is 0. The molecule has 0 aromatic carbocycles. The van der Waals surface area contributed by atoms with Gasteiger partial charge < -0.3 is 0 Å². The number of hydrogen-bond donors (Lipinski definition) is 0. The Morgan fingerprint density at radius 3 is 1.92 bits per heavy atom. The summed E-state index contributed by atoms with van der Waals surface area (Å²) in [5, 5.41) is 0. The Kier molecular flexibility index (Phi) is 4.79. The molecule has 0 saturated heterocycles. The first kappa shape index (κ1) is 13.3. The molecule has 0 N–H and O–H groups in total. The average Bonchev–Trinajstić information content (AvgIpc) is 1.98. The van der Waals surface area contributed by atoms with Gasteiger partial charge in [0.1, 0.15) is 0 Å². The summed E-state index contributed by atoms with van der Waals surface area (Å²) < 4.78 is 0. The van der Waals surface area contributed by atoms with E-state index in [-0.39, 0.29) is 10.3 Å². The zero-order valence-corrected chi connectivity index (χ0v) is 10.8. The predicted molar refractivity (Wildman–Crippen MR) is 62.4 cm³/mol. The largest absolute Gasteiger partial charge is 0.119 e. The van der Waals surface area contributed by atoms with Gasteiger partial charge in [0, 0.05) is 4.87 Å². The lowest BCUT2D eigenvalue weighted by Crippen LogP contribution is -2.33. The van der Waals surface area contributed by atoms with Crippen molar-refractivity contribution in [1.29, 1.82) is 0 Å². The molecule has 1 unspecified atom stereocenters. The van der Waals surface area contributed by atoms with Crippen LogP contribution in [-0.2, 0) is 0 Å². The highest BCUT2D eigenvalue weighted by molar-refractivity contribution is 6.23. The van der Waals surface area contributed by atoms with Crippen molar-refractivity contribution in [2.75, 3.05) is 0 Å².